The van der Waals surface area contributed by atoms with E-state index in [4.69, 9.17) is 14.5 Å². The second-order valence-corrected chi connectivity index (χ2v) is 11.2. The Morgan fingerprint density at radius 3 is 2.18 bits per heavy atom. The Labute approximate surface area is 229 Å². The third-order valence-electron chi connectivity index (χ3n) is 6.33. The van der Waals surface area contributed by atoms with Crippen molar-refractivity contribution in [2.24, 2.45) is 0 Å². The summed E-state index contributed by atoms with van der Waals surface area (Å²) in [5, 5.41) is 0.491. The zero-order valence-electron chi connectivity index (χ0n) is 22.7. The van der Waals surface area contributed by atoms with E-state index in [9.17, 15) is 13.2 Å². The number of likely N-dealkylation sites (N-methyl/N-ethyl adjacent to an activating group) is 1. The van der Waals surface area contributed by atoms with Crippen LogP contribution in [0.5, 0.6) is 11.5 Å². The lowest BCUT2D eigenvalue weighted by molar-refractivity contribution is 0.333. The molecule has 206 valence electrons. The van der Waals surface area contributed by atoms with Crippen LogP contribution >= 0.6 is 0 Å². The van der Waals surface area contributed by atoms with E-state index in [1.807, 2.05) is 56.3 Å². The van der Waals surface area contributed by atoms with Crippen LogP contribution in [0.4, 0.5) is 0 Å². The van der Waals surface area contributed by atoms with E-state index in [-0.39, 0.29) is 30.0 Å². The molecule has 39 heavy (non-hydrogen) atoms. The van der Waals surface area contributed by atoms with Crippen LogP contribution in [0.3, 0.4) is 0 Å². The molecule has 0 amide bonds. The highest BCUT2D eigenvalue weighted by molar-refractivity contribution is 7.89. The molecule has 0 atom stereocenters. The first kappa shape index (κ1) is 28.3. The maximum absolute atomic E-state index is 13.7. The molecule has 0 unspecified atom stereocenters. The van der Waals surface area contributed by atoms with Crippen molar-refractivity contribution in [3.8, 4) is 17.2 Å². The van der Waals surface area contributed by atoms with E-state index in [2.05, 4.69) is 0 Å². The second kappa shape index (κ2) is 12.4. The van der Waals surface area contributed by atoms with Crippen LogP contribution in [0.25, 0.3) is 16.6 Å². The molecule has 1 aromatic heterocycles. The molecule has 0 spiro atoms. The van der Waals surface area contributed by atoms with E-state index < -0.39 is 10.0 Å². The van der Waals surface area contributed by atoms with E-state index in [0.717, 1.165) is 0 Å². The zero-order valence-corrected chi connectivity index (χ0v) is 23.5. The highest BCUT2D eigenvalue weighted by Gasteiger charge is 2.25. The van der Waals surface area contributed by atoms with E-state index in [1.165, 1.54) is 11.4 Å². The summed E-state index contributed by atoms with van der Waals surface area (Å²) in [4.78, 5) is 20.5. The Morgan fingerprint density at radius 1 is 0.872 bits per heavy atom. The first-order valence-corrected chi connectivity index (χ1v) is 14.2. The molecule has 4 aromatic rings. The van der Waals surface area contributed by atoms with Crippen molar-refractivity contribution in [3.05, 3.63) is 89.0 Å². The molecule has 0 bridgehead atoms. The number of para-hydroxylation sites is 1. The first-order valence-electron chi connectivity index (χ1n) is 12.8. The van der Waals surface area contributed by atoms with Gasteiger partial charge in [0.05, 0.1) is 35.2 Å². The standard InChI is InChI=1S/C29H34N4O5S/c1-5-38-24-12-10-22(11-13-24)33-28(30-27-9-7-6-8-26(27)29(33)34)18-19-32(21-20-31(2)3)39(35,36)25-16-14-23(37-4)15-17-25/h6-17H,5,18-21H2,1-4H3. The molecule has 0 aliphatic rings. The van der Waals surface area contributed by atoms with E-state index in [0.29, 0.717) is 47.1 Å². The third-order valence-corrected chi connectivity index (χ3v) is 8.24. The van der Waals surface area contributed by atoms with Gasteiger partial charge in [0.1, 0.15) is 17.3 Å². The van der Waals surface area contributed by atoms with Crippen molar-refractivity contribution >= 4 is 20.9 Å². The van der Waals surface area contributed by atoms with Crippen molar-refractivity contribution in [3.63, 3.8) is 0 Å². The van der Waals surface area contributed by atoms with Gasteiger partial charge in [-0.15, -0.1) is 0 Å². The monoisotopic (exact) mass is 550 g/mol. The molecule has 1 heterocycles. The average molecular weight is 551 g/mol. The second-order valence-electron chi connectivity index (χ2n) is 9.25. The minimum Gasteiger partial charge on any atom is -0.497 e. The molecule has 0 N–H and O–H groups in total. The molecular weight excluding hydrogens is 516 g/mol. The number of methoxy groups -OCH3 is 1. The number of hydrogen-bond acceptors (Lipinski definition) is 7. The van der Waals surface area contributed by atoms with Gasteiger partial charge in [0.15, 0.2) is 0 Å². The summed E-state index contributed by atoms with van der Waals surface area (Å²) in [5.41, 5.74) is 0.990. The number of hydrogen-bond donors (Lipinski definition) is 0. The lowest BCUT2D eigenvalue weighted by atomic mass is 10.2. The molecule has 3 aromatic carbocycles. The van der Waals surface area contributed by atoms with Gasteiger partial charge in [-0.05, 0) is 81.7 Å². The molecule has 9 nitrogen and oxygen atoms in total. The van der Waals surface area contributed by atoms with Crippen LogP contribution in [0.2, 0.25) is 0 Å². The Balaban J connectivity index is 1.73. The highest BCUT2D eigenvalue weighted by Crippen LogP contribution is 2.21. The minimum absolute atomic E-state index is 0.143. The van der Waals surface area contributed by atoms with Gasteiger partial charge in [0, 0.05) is 26.1 Å². The number of sulfonamides is 1. The summed E-state index contributed by atoms with van der Waals surface area (Å²) in [6.45, 7) is 3.40. The lowest BCUT2D eigenvalue weighted by Gasteiger charge is -2.24. The predicted octanol–water partition coefficient (Wildman–Crippen LogP) is 3.59. The largest absolute Gasteiger partial charge is 0.497 e. The summed E-state index contributed by atoms with van der Waals surface area (Å²) < 4.78 is 41.1. The Morgan fingerprint density at radius 2 is 1.54 bits per heavy atom. The quantitative estimate of drug-likeness (QED) is 0.266. The molecular formula is C29H34N4O5S. The molecule has 0 radical (unpaired) electrons. The van der Waals surface area contributed by atoms with Gasteiger partial charge in [-0.1, -0.05) is 12.1 Å². The van der Waals surface area contributed by atoms with Crippen molar-refractivity contribution in [2.45, 2.75) is 18.2 Å². The molecule has 10 heteroatoms. The van der Waals surface area contributed by atoms with Crippen LogP contribution in [0.15, 0.2) is 82.5 Å². The fourth-order valence-electron chi connectivity index (χ4n) is 4.26. The van der Waals surface area contributed by atoms with E-state index in [1.54, 1.807) is 47.0 Å². The number of fused-ring (bicyclic) bond motifs is 1. The number of rotatable bonds is 12. The van der Waals surface area contributed by atoms with Crippen LogP contribution in [-0.4, -0.2) is 74.6 Å². The Hall–Kier alpha value is -3.73. The van der Waals surface area contributed by atoms with Gasteiger partial charge in [0.2, 0.25) is 10.0 Å². The van der Waals surface area contributed by atoms with Crippen LogP contribution in [0.1, 0.15) is 12.7 Å². The van der Waals surface area contributed by atoms with Crippen molar-refractivity contribution in [1.29, 1.82) is 0 Å². The topological polar surface area (TPSA) is 94.0 Å². The summed E-state index contributed by atoms with van der Waals surface area (Å²) in [5.74, 6) is 1.75. The minimum atomic E-state index is -3.81. The normalized spacial score (nSPS) is 11.8. The highest BCUT2D eigenvalue weighted by atomic mass is 32.2. The average Bonchev–Trinajstić information content (AvgIpc) is 2.93. The molecule has 0 aliphatic carbocycles. The fraction of sp³-hybridized carbons (Fsp3) is 0.310. The van der Waals surface area contributed by atoms with E-state index >= 15 is 0 Å². The van der Waals surface area contributed by atoms with Gasteiger partial charge in [-0.25, -0.2) is 13.4 Å². The molecule has 0 aliphatic heterocycles. The smallest absolute Gasteiger partial charge is 0.265 e. The van der Waals surface area contributed by atoms with Crippen LogP contribution in [0, 0.1) is 0 Å². The fourth-order valence-corrected chi connectivity index (χ4v) is 5.69. The third kappa shape index (κ3) is 6.47. The van der Waals surface area contributed by atoms with Gasteiger partial charge in [-0.3, -0.25) is 9.36 Å². The van der Waals surface area contributed by atoms with Crippen molar-refractivity contribution < 1.29 is 17.9 Å². The number of aromatic nitrogens is 2. The number of benzene rings is 3. The number of nitrogens with zero attached hydrogens (tertiary/aromatic N) is 4. The maximum Gasteiger partial charge on any atom is 0.265 e. The molecule has 0 saturated heterocycles. The lowest BCUT2D eigenvalue weighted by Crippen LogP contribution is -2.38. The SMILES string of the molecule is CCOc1ccc(-n2c(CCN(CCN(C)C)S(=O)(=O)c3ccc(OC)cc3)nc3ccccc3c2=O)cc1. The summed E-state index contributed by atoms with van der Waals surface area (Å²) in [7, 11) is 1.51. The van der Waals surface area contributed by atoms with Crippen LogP contribution < -0.4 is 15.0 Å². The molecule has 4 rings (SSSR count). The van der Waals surface area contributed by atoms with Gasteiger partial charge < -0.3 is 14.4 Å². The van der Waals surface area contributed by atoms with Gasteiger partial charge in [0.25, 0.3) is 5.56 Å². The Kier molecular flexibility index (Phi) is 9.01. The maximum atomic E-state index is 13.7. The molecule has 0 saturated carbocycles. The predicted molar refractivity (Wildman–Crippen MR) is 153 cm³/mol. The van der Waals surface area contributed by atoms with Gasteiger partial charge >= 0.3 is 0 Å². The summed E-state index contributed by atoms with van der Waals surface area (Å²) in [6.07, 6.45) is 0.232. The first-order chi connectivity index (χ1) is 18.7. The molecule has 0 fully saturated rings. The zero-order chi connectivity index (χ0) is 28.0. The van der Waals surface area contributed by atoms with Gasteiger partial charge in [-0.2, -0.15) is 4.31 Å². The summed E-state index contributed by atoms with van der Waals surface area (Å²) in [6, 6.07) is 20.8. The van der Waals surface area contributed by atoms with Crippen LogP contribution in [-0.2, 0) is 16.4 Å². The number of ether oxygens (including phenoxy) is 2. The Bertz CT molecular complexity index is 1570. The summed E-state index contributed by atoms with van der Waals surface area (Å²) >= 11 is 0. The van der Waals surface area contributed by atoms with Crippen molar-refractivity contribution in [1.82, 2.24) is 18.8 Å². The van der Waals surface area contributed by atoms with Crippen molar-refractivity contribution in [2.75, 3.05) is 47.4 Å².